The standard InChI is InChI=1S/C22H24N4O4S/c1-14(2)26-17-8-5-4-7-16(17)23-21(26)19-9-6-12-25(19)31(28,29)15-10-11-18-20(13-15)30-22(27)24(18)3/h4-5,7-8,10-11,13-14,19H,6,9,12H2,1-3H3/t19-/m1/s1. The molecule has 3 heterocycles. The molecule has 4 aromatic rings. The first-order valence-corrected chi connectivity index (χ1v) is 11.8. The number of nitrogens with zero attached hydrogens (tertiary/aromatic N) is 4. The van der Waals surface area contributed by atoms with E-state index in [4.69, 9.17) is 9.40 Å². The summed E-state index contributed by atoms with van der Waals surface area (Å²) in [5.41, 5.74) is 2.69. The minimum Gasteiger partial charge on any atom is -0.408 e. The van der Waals surface area contributed by atoms with Crippen molar-refractivity contribution < 1.29 is 12.8 Å². The molecule has 8 nitrogen and oxygen atoms in total. The predicted octanol–water partition coefficient (Wildman–Crippen LogP) is 3.59. The van der Waals surface area contributed by atoms with Gasteiger partial charge in [-0.3, -0.25) is 4.57 Å². The van der Waals surface area contributed by atoms with Crippen LogP contribution in [0.3, 0.4) is 0 Å². The van der Waals surface area contributed by atoms with Crippen molar-refractivity contribution in [2.24, 2.45) is 7.05 Å². The second-order valence-electron chi connectivity index (χ2n) is 8.25. The summed E-state index contributed by atoms with van der Waals surface area (Å²) in [6.07, 6.45) is 1.46. The minimum absolute atomic E-state index is 0.119. The van der Waals surface area contributed by atoms with E-state index in [9.17, 15) is 13.2 Å². The van der Waals surface area contributed by atoms with Crippen LogP contribution in [0.25, 0.3) is 22.1 Å². The van der Waals surface area contributed by atoms with Crippen molar-refractivity contribution in [1.82, 2.24) is 18.4 Å². The van der Waals surface area contributed by atoms with E-state index < -0.39 is 15.8 Å². The van der Waals surface area contributed by atoms with E-state index in [1.807, 2.05) is 24.3 Å². The molecule has 0 saturated carbocycles. The number of sulfonamides is 1. The lowest BCUT2D eigenvalue weighted by Crippen LogP contribution is -2.32. The molecule has 0 N–H and O–H groups in total. The molecule has 1 saturated heterocycles. The molecule has 2 aromatic carbocycles. The number of para-hydroxylation sites is 2. The summed E-state index contributed by atoms with van der Waals surface area (Å²) in [6.45, 7) is 4.58. The molecule has 1 aliphatic rings. The van der Waals surface area contributed by atoms with Gasteiger partial charge in [0.25, 0.3) is 0 Å². The third-order valence-corrected chi connectivity index (χ3v) is 7.92. The molecule has 162 valence electrons. The van der Waals surface area contributed by atoms with Crippen LogP contribution in [0.15, 0.2) is 56.6 Å². The van der Waals surface area contributed by atoms with Gasteiger partial charge in [-0.05, 0) is 51.0 Å². The van der Waals surface area contributed by atoms with Crippen LogP contribution in [0.4, 0.5) is 0 Å². The molecule has 0 amide bonds. The molecular formula is C22H24N4O4S. The number of rotatable bonds is 4. The molecule has 1 fully saturated rings. The maximum absolute atomic E-state index is 13.6. The van der Waals surface area contributed by atoms with Gasteiger partial charge >= 0.3 is 5.76 Å². The maximum Gasteiger partial charge on any atom is 0.419 e. The highest BCUT2D eigenvalue weighted by atomic mass is 32.2. The molecule has 1 aliphatic heterocycles. The van der Waals surface area contributed by atoms with Gasteiger partial charge in [-0.1, -0.05) is 12.1 Å². The van der Waals surface area contributed by atoms with Crippen LogP contribution in [0, 0.1) is 0 Å². The van der Waals surface area contributed by atoms with Crippen LogP contribution in [-0.4, -0.2) is 33.4 Å². The SMILES string of the molecule is CC(C)n1c([C@H]2CCCN2S(=O)(=O)c2ccc3c(c2)oc(=O)n3C)nc2ccccc21. The largest absolute Gasteiger partial charge is 0.419 e. The maximum atomic E-state index is 13.6. The fraction of sp³-hybridized carbons (Fsp3) is 0.364. The first-order valence-electron chi connectivity index (χ1n) is 10.4. The van der Waals surface area contributed by atoms with E-state index in [2.05, 4.69) is 18.4 Å². The predicted molar refractivity (Wildman–Crippen MR) is 117 cm³/mol. The fourth-order valence-electron chi connectivity index (χ4n) is 4.54. The van der Waals surface area contributed by atoms with Crippen LogP contribution in [0.1, 0.15) is 44.6 Å². The topological polar surface area (TPSA) is 90.3 Å². The lowest BCUT2D eigenvalue weighted by molar-refractivity contribution is 0.368. The van der Waals surface area contributed by atoms with Crippen LogP contribution in [0.2, 0.25) is 0 Å². The molecule has 5 rings (SSSR count). The van der Waals surface area contributed by atoms with Crippen LogP contribution >= 0.6 is 0 Å². The average molecular weight is 441 g/mol. The number of aromatic nitrogens is 3. The van der Waals surface area contributed by atoms with Crippen molar-refractivity contribution in [3.8, 4) is 0 Å². The van der Waals surface area contributed by atoms with Crippen molar-refractivity contribution in [2.45, 2.75) is 43.7 Å². The Morgan fingerprint density at radius 1 is 1.13 bits per heavy atom. The van der Waals surface area contributed by atoms with Gasteiger partial charge in [0.15, 0.2) is 5.58 Å². The highest BCUT2D eigenvalue weighted by molar-refractivity contribution is 7.89. The summed E-state index contributed by atoms with van der Waals surface area (Å²) < 4.78 is 37.5. The van der Waals surface area contributed by atoms with Crippen molar-refractivity contribution in [3.63, 3.8) is 0 Å². The molecule has 9 heteroatoms. The molecule has 31 heavy (non-hydrogen) atoms. The third kappa shape index (κ3) is 3.02. The monoisotopic (exact) mass is 440 g/mol. The highest BCUT2D eigenvalue weighted by Gasteiger charge is 2.39. The van der Waals surface area contributed by atoms with Gasteiger partial charge in [0.05, 0.1) is 27.5 Å². The quantitative estimate of drug-likeness (QED) is 0.484. The van der Waals surface area contributed by atoms with Crippen molar-refractivity contribution >= 4 is 32.2 Å². The normalized spacial score (nSPS) is 18.0. The zero-order valence-electron chi connectivity index (χ0n) is 17.6. The first kappa shape index (κ1) is 20.0. The second-order valence-corrected chi connectivity index (χ2v) is 10.1. The van der Waals surface area contributed by atoms with Gasteiger partial charge in [-0.2, -0.15) is 4.31 Å². The number of fused-ring (bicyclic) bond motifs is 2. The number of imidazole rings is 1. The zero-order chi connectivity index (χ0) is 21.9. The Bertz CT molecular complexity index is 1460. The lowest BCUT2D eigenvalue weighted by atomic mass is 10.2. The van der Waals surface area contributed by atoms with E-state index in [0.717, 1.165) is 23.3 Å². The summed E-state index contributed by atoms with van der Waals surface area (Å²) >= 11 is 0. The Morgan fingerprint density at radius 2 is 1.90 bits per heavy atom. The van der Waals surface area contributed by atoms with E-state index >= 15 is 0 Å². The number of hydrogen-bond acceptors (Lipinski definition) is 5. The summed E-state index contributed by atoms with van der Waals surface area (Å²) in [7, 11) is -2.21. The molecular weight excluding hydrogens is 416 g/mol. The van der Waals surface area contributed by atoms with Crippen molar-refractivity contribution in [2.75, 3.05) is 6.54 Å². The second kappa shape index (κ2) is 7.06. The molecule has 0 radical (unpaired) electrons. The minimum atomic E-state index is -3.80. The molecule has 0 bridgehead atoms. The van der Waals surface area contributed by atoms with Crippen LogP contribution in [-0.2, 0) is 17.1 Å². The molecule has 2 aromatic heterocycles. The van der Waals surface area contributed by atoms with Crippen molar-refractivity contribution in [1.29, 1.82) is 0 Å². The van der Waals surface area contributed by atoms with Crippen LogP contribution in [0.5, 0.6) is 0 Å². The summed E-state index contributed by atoms with van der Waals surface area (Å²) in [5, 5.41) is 0. The van der Waals surface area contributed by atoms with E-state index in [1.54, 1.807) is 13.1 Å². The Kier molecular flexibility index (Phi) is 4.56. The zero-order valence-corrected chi connectivity index (χ0v) is 18.5. The van der Waals surface area contributed by atoms with Gasteiger partial charge in [-0.15, -0.1) is 0 Å². The molecule has 1 atom stereocenters. The van der Waals surface area contributed by atoms with Gasteiger partial charge in [-0.25, -0.2) is 18.2 Å². The van der Waals surface area contributed by atoms with E-state index in [1.165, 1.54) is 21.0 Å². The molecule has 0 spiro atoms. The van der Waals surface area contributed by atoms with Gasteiger partial charge in [0.1, 0.15) is 5.82 Å². The number of benzene rings is 2. The van der Waals surface area contributed by atoms with Gasteiger partial charge in [0.2, 0.25) is 10.0 Å². The fourth-order valence-corrected chi connectivity index (χ4v) is 6.21. The van der Waals surface area contributed by atoms with Gasteiger partial charge < -0.3 is 8.98 Å². The van der Waals surface area contributed by atoms with Gasteiger partial charge in [0, 0.05) is 25.7 Å². The Morgan fingerprint density at radius 3 is 2.68 bits per heavy atom. The van der Waals surface area contributed by atoms with E-state index in [0.29, 0.717) is 18.5 Å². The molecule has 0 unspecified atom stereocenters. The first-order chi connectivity index (χ1) is 14.8. The Balaban J connectivity index is 1.62. The Labute approximate surface area is 179 Å². The number of oxazole rings is 1. The number of aryl methyl sites for hydroxylation is 1. The highest BCUT2D eigenvalue weighted by Crippen LogP contribution is 2.38. The third-order valence-electron chi connectivity index (χ3n) is 6.01. The molecule has 0 aliphatic carbocycles. The summed E-state index contributed by atoms with van der Waals surface area (Å²) in [5.74, 6) is 0.249. The lowest BCUT2D eigenvalue weighted by Gasteiger charge is -2.25. The number of hydrogen-bond donors (Lipinski definition) is 0. The van der Waals surface area contributed by atoms with Crippen molar-refractivity contribution in [3.05, 3.63) is 58.8 Å². The van der Waals surface area contributed by atoms with E-state index in [-0.39, 0.29) is 22.6 Å². The summed E-state index contributed by atoms with van der Waals surface area (Å²) in [4.78, 5) is 16.8. The smallest absolute Gasteiger partial charge is 0.408 e. The Hall–Kier alpha value is -2.91. The summed E-state index contributed by atoms with van der Waals surface area (Å²) in [6, 6.07) is 12.3. The van der Waals surface area contributed by atoms with Crippen LogP contribution < -0.4 is 5.76 Å². The average Bonchev–Trinajstić information content (AvgIpc) is 3.43.